The second-order valence-electron chi connectivity index (χ2n) is 10.1. The van der Waals surface area contributed by atoms with Crippen molar-refractivity contribution >= 4 is 52.5 Å². The van der Waals surface area contributed by atoms with Crippen molar-refractivity contribution in [2.75, 3.05) is 95.1 Å². The van der Waals surface area contributed by atoms with Crippen LogP contribution in [0.1, 0.15) is 20.8 Å². The Kier molecular flexibility index (Phi) is 14.7. The minimum absolute atomic E-state index is 0.248. The van der Waals surface area contributed by atoms with Crippen molar-refractivity contribution < 1.29 is 34.5 Å². The van der Waals surface area contributed by atoms with Crippen LogP contribution < -0.4 is 15.9 Å². The summed E-state index contributed by atoms with van der Waals surface area (Å²) in [5.41, 5.74) is 1.18. The molecule has 0 aliphatic carbocycles. The summed E-state index contributed by atoms with van der Waals surface area (Å²) in [4.78, 5) is 54.6. The van der Waals surface area contributed by atoms with Gasteiger partial charge in [-0.05, 0) is 50.3 Å². The lowest BCUT2D eigenvalue weighted by molar-refractivity contribution is -0.140. The van der Waals surface area contributed by atoms with E-state index in [9.17, 15) is 34.5 Å². The van der Waals surface area contributed by atoms with Crippen molar-refractivity contribution in [2.45, 2.75) is 20.8 Å². The molecule has 0 saturated carbocycles. The van der Waals surface area contributed by atoms with Crippen molar-refractivity contribution in [3.8, 4) is 0 Å². The predicted molar refractivity (Wildman–Crippen MR) is 166 cm³/mol. The van der Waals surface area contributed by atoms with Crippen LogP contribution in [0.25, 0.3) is 0 Å². The van der Waals surface area contributed by atoms with Crippen LogP contribution in [0.5, 0.6) is 0 Å². The number of nitrogens with two attached hydrogens (primary N) is 1. The highest BCUT2D eigenvalue weighted by Crippen LogP contribution is 2.22. The van der Waals surface area contributed by atoms with E-state index in [-0.39, 0.29) is 77.9 Å². The molecular weight excluding hydrogens is 580 g/mol. The molecule has 2 rings (SSSR count). The van der Waals surface area contributed by atoms with E-state index in [1.807, 2.05) is 18.7 Å². The van der Waals surface area contributed by atoms with E-state index in [0.29, 0.717) is 29.6 Å². The molecule has 0 atom stereocenters. The Morgan fingerprint density at radius 1 is 0.721 bits per heavy atom. The first kappa shape index (κ1) is 35.8. The molecule has 1 aromatic rings. The van der Waals surface area contributed by atoms with Crippen LogP contribution in [0.15, 0.2) is 24.3 Å². The first-order valence-corrected chi connectivity index (χ1v) is 14.6. The Bertz CT molecular complexity index is 1070. The van der Waals surface area contributed by atoms with E-state index in [0.717, 1.165) is 0 Å². The topological polar surface area (TPSA) is 178 Å². The van der Waals surface area contributed by atoms with Crippen LogP contribution in [0.2, 0.25) is 0 Å². The maximum atomic E-state index is 13.0. The zero-order valence-electron chi connectivity index (χ0n) is 25.1. The summed E-state index contributed by atoms with van der Waals surface area (Å²) >= 11 is 5.52. The van der Waals surface area contributed by atoms with E-state index in [1.54, 1.807) is 44.0 Å². The maximum Gasteiger partial charge on any atom is 0.317 e. The van der Waals surface area contributed by atoms with E-state index in [1.165, 1.54) is 16.9 Å². The van der Waals surface area contributed by atoms with Gasteiger partial charge in [0.05, 0.1) is 31.0 Å². The number of thiocarbonyl (C=S) groups is 1. The molecule has 0 aromatic heterocycles. The molecule has 1 heterocycles. The van der Waals surface area contributed by atoms with Crippen molar-refractivity contribution in [3.05, 3.63) is 24.3 Å². The molecule has 0 unspecified atom stereocenters. The number of hydrazine groups is 2. The SMILES string of the molecule is CCN(CC)C(=S)N(N)c1ccc(N(C(C)=O)N2CCN(CC(=O)O)CCN(CC(=O)O)CCN(CC(=O)O)CC2)cc1. The van der Waals surface area contributed by atoms with Gasteiger partial charge in [0.25, 0.3) is 0 Å². The monoisotopic (exact) mass is 624 g/mol. The van der Waals surface area contributed by atoms with Gasteiger partial charge in [0, 0.05) is 72.4 Å². The highest BCUT2D eigenvalue weighted by Gasteiger charge is 2.25. The molecule has 1 aromatic carbocycles. The Balaban J connectivity index is 2.37. The first-order chi connectivity index (χ1) is 20.4. The third-order valence-electron chi connectivity index (χ3n) is 7.08. The summed E-state index contributed by atoms with van der Waals surface area (Å²) in [6.45, 7) is 8.18. The first-order valence-electron chi connectivity index (χ1n) is 14.2. The highest BCUT2D eigenvalue weighted by molar-refractivity contribution is 7.80. The molecule has 0 spiro atoms. The molecular formula is C27H44N8O7S. The summed E-state index contributed by atoms with van der Waals surface area (Å²) in [6, 6.07) is 6.99. The zero-order chi connectivity index (χ0) is 32.1. The minimum Gasteiger partial charge on any atom is -0.480 e. The van der Waals surface area contributed by atoms with Crippen LogP contribution in [0.3, 0.4) is 0 Å². The number of carbonyl (C=O) groups is 4. The molecule has 16 heteroatoms. The normalized spacial score (nSPS) is 16.5. The number of aliphatic carboxylic acids is 3. The number of hydrogen-bond donors (Lipinski definition) is 4. The Morgan fingerprint density at radius 2 is 1.07 bits per heavy atom. The molecule has 240 valence electrons. The van der Waals surface area contributed by atoms with Gasteiger partial charge in [-0.25, -0.2) is 15.9 Å². The van der Waals surface area contributed by atoms with Crippen molar-refractivity contribution in [2.24, 2.45) is 5.84 Å². The molecule has 1 amide bonds. The van der Waals surface area contributed by atoms with E-state index in [2.05, 4.69) is 0 Å². The predicted octanol–water partition coefficient (Wildman–Crippen LogP) is -0.263. The van der Waals surface area contributed by atoms with Crippen LogP contribution in [-0.4, -0.2) is 154 Å². The van der Waals surface area contributed by atoms with Crippen LogP contribution in [0, 0.1) is 0 Å². The molecule has 1 saturated heterocycles. The summed E-state index contributed by atoms with van der Waals surface area (Å²) < 4.78 is 0. The summed E-state index contributed by atoms with van der Waals surface area (Å²) in [7, 11) is 0. The quantitative estimate of drug-likeness (QED) is 0.144. The van der Waals surface area contributed by atoms with Gasteiger partial charge in [-0.3, -0.25) is 38.9 Å². The molecule has 1 fully saturated rings. The Morgan fingerprint density at radius 3 is 1.40 bits per heavy atom. The fourth-order valence-electron chi connectivity index (χ4n) is 4.83. The molecule has 15 nitrogen and oxygen atoms in total. The number of amides is 1. The van der Waals surface area contributed by atoms with E-state index < -0.39 is 17.9 Å². The molecule has 0 radical (unpaired) electrons. The highest BCUT2D eigenvalue weighted by atomic mass is 32.1. The fraction of sp³-hybridized carbons (Fsp3) is 0.593. The third-order valence-corrected chi connectivity index (χ3v) is 7.54. The van der Waals surface area contributed by atoms with Gasteiger partial charge in [0.2, 0.25) is 5.91 Å². The number of rotatable bonds is 11. The lowest BCUT2D eigenvalue weighted by atomic mass is 10.2. The van der Waals surface area contributed by atoms with Gasteiger partial charge in [0.1, 0.15) is 0 Å². The number of anilines is 2. The second kappa shape index (κ2) is 17.6. The van der Waals surface area contributed by atoms with E-state index in [4.69, 9.17) is 18.1 Å². The average Bonchev–Trinajstić information content (AvgIpc) is 2.93. The molecule has 5 N–H and O–H groups in total. The number of carboxylic acid groups (broad SMARTS) is 3. The Labute approximate surface area is 257 Å². The van der Waals surface area contributed by atoms with Gasteiger partial charge in [0.15, 0.2) is 5.11 Å². The van der Waals surface area contributed by atoms with Gasteiger partial charge in [-0.2, -0.15) is 0 Å². The number of carboxylic acids is 3. The van der Waals surface area contributed by atoms with Crippen molar-refractivity contribution in [3.63, 3.8) is 0 Å². The lowest BCUT2D eigenvalue weighted by Gasteiger charge is -2.38. The fourth-order valence-corrected chi connectivity index (χ4v) is 5.19. The lowest BCUT2D eigenvalue weighted by Crippen LogP contribution is -2.54. The van der Waals surface area contributed by atoms with Crippen molar-refractivity contribution in [1.29, 1.82) is 0 Å². The van der Waals surface area contributed by atoms with Crippen LogP contribution in [0.4, 0.5) is 11.4 Å². The second-order valence-corrected chi connectivity index (χ2v) is 10.5. The van der Waals surface area contributed by atoms with Gasteiger partial charge in [-0.1, -0.05) is 0 Å². The molecule has 43 heavy (non-hydrogen) atoms. The van der Waals surface area contributed by atoms with Crippen LogP contribution in [-0.2, 0) is 19.2 Å². The number of hydrogen-bond acceptors (Lipinski definition) is 10. The van der Waals surface area contributed by atoms with Gasteiger partial charge in [-0.15, -0.1) is 0 Å². The molecule has 1 aliphatic heterocycles. The zero-order valence-corrected chi connectivity index (χ0v) is 25.9. The van der Waals surface area contributed by atoms with Crippen molar-refractivity contribution in [1.82, 2.24) is 24.6 Å². The van der Waals surface area contributed by atoms with Gasteiger partial charge >= 0.3 is 17.9 Å². The summed E-state index contributed by atoms with van der Waals surface area (Å²) in [5.74, 6) is 2.92. The number of carbonyl (C=O) groups excluding carboxylic acids is 1. The summed E-state index contributed by atoms with van der Waals surface area (Å²) in [5, 5.41) is 33.4. The standard InChI is InChI=1S/C27H44N8O7S/c1-4-32(5-2)27(43)34(28)22-6-8-23(9-7-22)35(21(3)36)33-16-14-30(19-25(39)40)12-10-29(18-24(37)38)11-13-31(15-17-33)20-26(41)42/h6-9H,4-5,10-20,28H2,1-3H3,(H,37,38)(H,39,40)(H,41,42). The number of benzene rings is 1. The largest absolute Gasteiger partial charge is 0.480 e. The molecule has 0 bridgehead atoms. The van der Waals surface area contributed by atoms with Crippen LogP contribution >= 0.6 is 12.2 Å². The average molecular weight is 625 g/mol. The maximum absolute atomic E-state index is 13.0. The summed E-state index contributed by atoms with van der Waals surface area (Å²) in [6.07, 6.45) is 0. The Hall–Kier alpha value is -3.41. The van der Waals surface area contributed by atoms with E-state index >= 15 is 0 Å². The number of nitrogens with zero attached hydrogens (tertiary/aromatic N) is 7. The minimum atomic E-state index is -1.02. The third kappa shape index (κ3) is 11.7. The smallest absolute Gasteiger partial charge is 0.317 e. The molecule has 1 aliphatic rings. The van der Waals surface area contributed by atoms with Gasteiger partial charge < -0.3 is 20.2 Å².